The van der Waals surface area contributed by atoms with Crippen molar-refractivity contribution in [2.75, 3.05) is 0 Å². The Bertz CT molecular complexity index is 179. The van der Waals surface area contributed by atoms with Crippen LogP contribution >= 0.6 is 11.6 Å². The minimum Gasteiger partial charge on any atom is -0.328 e. The number of nitrogens with two attached hydrogens (primary N) is 1. The zero-order valence-corrected chi connectivity index (χ0v) is 9.19. The molecule has 3 unspecified atom stereocenters. The second-order valence-electron chi connectivity index (χ2n) is 4.22. The van der Waals surface area contributed by atoms with Crippen molar-refractivity contribution in [3.8, 4) is 0 Å². The van der Waals surface area contributed by atoms with E-state index >= 15 is 0 Å². The van der Waals surface area contributed by atoms with Crippen LogP contribution < -0.4 is 5.73 Å². The zero-order valence-electron chi connectivity index (χ0n) is 8.43. The highest BCUT2D eigenvalue weighted by Gasteiger charge is 2.27. The first-order chi connectivity index (χ1) is 6.13. The Hall–Kier alpha value is -0.0100. The Morgan fingerprint density at radius 2 is 2.15 bits per heavy atom. The van der Waals surface area contributed by atoms with Crippen LogP contribution in [-0.2, 0) is 0 Å². The average molecular weight is 202 g/mol. The predicted octanol–water partition coefficient (Wildman–Crippen LogP) is 3.28. The normalized spacial score (nSPS) is 34.5. The van der Waals surface area contributed by atoms with Crippen molar-refractivity contribution in [1.29, 1.82) is 0 Å². The van der Waals surface area contributed by atoms with Crippen LogP contribution in [0.4, 0.5) is 0 Å². The standard InChI is InChI=1S/C11H20ClN/c1-3-9-4-5-11(13)7-10(9)6-8(2)12/h9-11H,2-7,13H2,1H3. The second kappa shape index (κ2) is 5.02. The van der Waals surface area contributed by atoms with Gasteiger partial charge in [-0.3, -0.25) is 0 Å². The Morgan fingerprint density at radius 1 is 1.46 bits per heavy atom. The Balaban J connectivity index is 2.49. The van der Waals surface area contributed by atoms with Crippen LogP contribution in [0.1, 0.15) is 39.0 Å². The van der Waals surface area contributed by atoms with E-state index in [9.17, 15) is 0 Å². The molecule has 0 spiro atoms. The highest BCUT2D eigenvalue weighted by Crippen LogP contribution is 2.35. The molecule has 1 fully saturated rings. The summed E-state index contributed by atoms with van der Waals surface area (Å²) in [6.07, 6.45) is 5.79. The van der Waals surface area contributed by atoms with Gasteiger partial charge in [0.25, 0.3) is 0 Å². The summed E-state index contributed by atoms with van der Waals surface area (Å²) in [6.45, 7) is 6.02. The van der Waals surface area contributed by atoms with E-state index in [1.165, 1.54) is 19.3 Å². The van der Waals surface area contributed by atoms with Gasteiger partial charge >= 0.3 is 0 Å². The van der Waals surface area contributed by atoms with Crippen molar-refractivity contribution in [1.82, 2.24) is 0 Å². The SMILES string of the molecule is C=C(Cl)CC1CC(N)CCC1CC. The van der Waals surface area contributed by atoms with Crippen molar-refractivity contribution in [3.63, 3.8) is 0 Å². The van der Waals surface area contributed by atoms with E-state index in [-0.39, 0.29) is 0 Å². The van der Waals surface area contributed by atoms with Gasteiger partial charge in [-0.2, -0.15) is 0 Å². The lowest BCUT2D eigenvalue weighted by Crippen LogP contribution is -2.33. The van der Waals surface area contributed by atoms with Gasteiger partial charge in [0.2, 0.25) is 0 Å². The molecule has 0 amide bonds. The Morgan fingerprint density at radius 3 is 2.69 bits per heavy atom. The summed E-state index contributed by atoms with van der Waals surface area (Å²) in [5.41, 5.74) is 5.95. The fourth-order valence-corrected chi connectivity index (χ4v) is 2.63. The summed E-state index contributed by atoms with van der Waals surface area (Å²) in [7, 11) is 0. The first kappa shape index (κ1) is 11.1. The van der Waals surface area contributed by atoms with Gasteiger partial charge in [-0.1, -0.05) is 31.5 Å². The number of hydrogen-bond acceptors (Lipinski definition) is 1. The maximum absolute atomic E-state index is 5.95. The quantitative estimate of drug-likeness (QED) is 0.745. The molecule has 0 aromatic carbocycles. The van der Waals surface area contributed by atoms with Gasteiger partial charge < -0.3 is 5.73 Å². The van der Waals surface area contributed by atoms with Gasteiger partial charge in [0.15, 0.2) is 0 Å². The zero-order chi connectivity index (χ0) is 9.84. The van der Waals surface area contributed by atoms with Crippen LogP contribution in [0.2, 0.25) is 0 Å². The summed E-state index contributed by atoms with van der Waals surface area (Å²) < 4.78 is 0. The van der Waals surface area contributed by atoms with E-state index in [0.29, 0.717) is 12.0 Å². The van der Waals surface area contributed by atoms with Crippen molar-refractivity contribution in [2.45, 2.75) is 45.1 Å². The molecule has 1 aliphatic rings. The lowest BCUT2D eigenvalue weighted by Gasteiger charge is -2.34. The summed E-state index contributed by atoms with van der Waals surface area (Å²) in [5, 5.41) is 0.789. The van der Waals surface area contributed by atoms with Gasteiger partial charge in [-0.05, 0) is 37.5 Å². The molecule has 1 rings (SSSR count). The molecule has 13 heavy (non-hydrogen) atoms. The summed E-state index contributed by atoms with van der Waals surface area (Å²) >= 11 is 5.85. The smallest absolute Gasteiger partial charge is 0.0112 e. The van der Waals surface area contributed by atoms with Gasteiger partial charge in [-0.25, -0.2) is 0 Å². The van der Waals surface area contributed by atoms with Crippen molar-refractivity contribution >= 4 is 11.6 Å². The van der Waals surface area contributed by atoms with E-state index in [4.69, 9.17) is 17.3 Å². The number of hydrogen-bond donors (Lipinski definition) is 1. The molecule has 3 atom stereocenters. The average Bonchev–Trinajstić information content (AvgIpc) is 2.03. The van der Waals surface area contributed by atoms with Crippen LogP contribution in [0, 0.1) is 11.8 Å². The maximum atomic E-state index is 5.95. The third kappa shape index (κ3) is 3.32. The summed E-state index contributed by atoms with van der Waals surface area (Å²) in [6, 6.07) is 0.392. The maximum Gasteiger partial charge on any atom is 0.0112 e. The first-order valence-corrected chi connectivity index (χ1v) is 5.60. The molecule has 0 bridgehead atoms. The topological polar surface area (TPSA) is 26.0 Å². The molecule has 0 heterocycles. The third-order valence-electron chi connectivity index (χ3n) is 3.19. The molecular weight excluding hydrogens is 182 g/mol. The fourth-order valence-electron chi connectivity index (χ4n) is 2.43. The fraction of sp³-hybridized carbons (Fsp3) is 0.818. The van der Waals surface area contributed by atoms with Gasteiger partial charge in [0.1, 0.15) is 0 Å². The van der Waals surface area contributed by atoms with E-state index in [2.05, 4.69) is 13.5 Å². The molecule has 0 saturated heterocycles. The molecule has 1 aliphatic carbocycles. The third-order valence-corrected chi connectivity index (χ3v) is 3.34. The lowest BCUT2D eigenvalue weighted by atomic mass is 9.74. The minimum absolute atomic E-state index is 0.392. The van der Waals surface area contributed by atoms with Crippen molar-refractivity contribution < 1.29 is 0 Å². The molecule has 1 saturated carbocycles. The first-order valence-electron chi connectivity index (χ1n) is 5.22. The minimum atomic E-state index is 0.392. The summed E-state index contributed by atoms with van der Waals surface area (Å²) in [5.74, 6) is 1.49. The number of halogens is 1. The predicted molar refractivity (Wildman–Crippen MR) is 58.7 cm³/mol. The van der Waals surface area contributed by atoms with Crippen LogP contribution in [0.15, 0.2) is 11.6 Å². The molecule has 0 radical (unpaired) electrons. The van der Waals surface area contributed by atoms with Crippen molar-refractivity contribution in [2.24, 2.45) is 17.6 Å². The van der Waals surface area contributed by atoms with Crippen LogP contribution in [0.25, 0.3) is 0 Å². The molecule has 2 heteroatoms. The molecule has 1 nitrogen and oxygen atoms in total. The summed E-state index contributed by atoms with van der Waals surface area (Å²) in [4.78, 5) is 0. The second-order valence-corrected chi connectivity index (χ2v) is 4.76. The van der Waals surface area contributed by atoms with Crippen LogP contribution in [0.5, 0.6) is 0 Å². The molecule has 0 aliphatic heterocycles. The van der Waals surface area contributed by atoms with Crippen molar-refractivity contribution in [3.05, 3.63) is 11.6 Å². The molecule has 2 N–H and O–H groups in total. The van der Waals surface area contributed by atoms with E-state index in [1.807, 2.05) is 0 Å². The van der Waals surface area contributed by atoms with Gasteiger partial charge in [0, 0.05) is 11.1 Å². The van der Waals surface area contributed by atoms with E-state index < -0.39 is 0 Å². The highest BCUT2D eigenvalue weighted by molar-refractivity contribution is 6.29. The molecule has 0 aromatic rings. The van der Waals surface area contributed by atoms with E-state index in [1.54, 1.807) is 0 Å². The van der Waals surface area contributed by atoms with E-state index in [0.717, 1.165) is 23.8 Å². The van der Waals surface area contributed by atoms with Gasteiger partial charge in [0.05, 0.1) is 0 Å². The Labute approximate surface area is 86.3 Å². The largest absolute Gasteiger partial charge is 0.328 e. The highest BCUT2D eigenvalue weighted by atomic mass is 35.5. The molecular formula is C11H20ClN. The van der Waals surface area contributed by atoms with Crippen LogP contribution in [0.3, 0.4) is 0 Å². The number of rotatable bonds is 3. The van der Waals surface area contributed by atoms with Gasteiger partial charge in [-0.15, -0.1) is 0 Å². The lowest BCUT2D eigenvalue weighted by molar-refractivity contribution is 0.211. The molecule has 76 valence electrons. The monoisotopic (exact) mass is 201 g/mol. The molecule has 0 aromatic heterocycles. The van der Waals surface area contributed by atoms with Crippen LogP contribution in [-0.4, -0.2) is 6.04 Å². The Kier molecular flexibility index (Phi) is 4.27. The number of allylic oxidation sites excluding steroid dienone is 1.